The SMILES string of the molecule is C.CCOCCl.CCOCOCc1cc(Oc2ccc(S(=O)(=O)CC)cc2)ccc1Br.CCS(=O)(=O)c1ccc(Oc2ccc(Br)c(CO)c2)cc1.[2HH]. The van der Waals surface area contributed by atoms with Crippen LogP contribution in [0.3, 0.4) is 0 Å². The number of rotatable bonds is 16. The van der Waals surface area contributed by atoms with E-state index < -0.39 is 19.7 Å². The smallest absolute Gasteiger partial charge is 0.178 e. The molecule has 0 saturated heterocycles. The van der Waals surface area contributed by atoms with Gasteiger partial charge in [0.15, 0.2) is 19.7 Å². The highest BCUT2D eigenvalue weighted by Gasteiger charge is 2.13. The van der Waals surface area contributed by atoms with Crippen molar-refractivity contribution in [1.82, 2.24) is 0 Å². The molecule has 0 spiro atoms. The van der Waals surface area contributed by atoms with Gasteiger partial charge in [0, 0.05) is 23.6 Å². The number of aliphatic hydroxyl groups is 1. The summed E-state index contributed by atoms with van der Waals surface area (Å²) >= 11 is 11.9. The quantitative estimate of drug-likeness (QED) is 0.0658. The number of alkyl halides is 1. The van der Waals surface area contributed by atoms with Crippen molar-refractivity contribution in [3.05, 3.63) is 105 Å². The van der Waals surface area contributed by atoms with Gasteiger partial charge in [0.1, 0.15) is 35.9 Å². The van der Waals surface area contributed by atoms with Gasteiger partial charge < -0.3 is 28.8 Å². The minimum atomic E-state index is -3.21. The molecule has 0 heterocycles. The van der Waals surface area contributed by atoms with Crippen molar-refractivity contribution in [2.45, 2.75) is 58.1 Å². The Balaban J connectivity index is 0.000000884. The highest BCUT2D eigenvalue weighted by atomic mass is 79.9. The Hall–Kier alpha value is -2.53. The van der Waals surface area contributed by atoms with Crippen LogP contribution in [0.2, 0.25) is 0 Å². The third kappa shape index (κ3) is 16.2. The number of aliphatic hydroxyl groups excluding tert-OH is 1. The van der Waals surface area contributed by atoms with Crippen LogP contribution in [0.4, 0.5) is 0 Å². The van der Waals surface area contributed by atoms with Crippen LogP contribution in [-0.2, 0) is 47.1 Å². The molecule has 0 amide bonds. The monoisotopic (exact) mass is 911 g/mol. The van der Waals surface area contributed by atoms with Gasteiger partial charge >= 0.3 is 0 Å². The lowest BCUT2D eigenvalue weighted by atomic mass is 10.2. The normalized spacial score (nSPS) is 10.9. The fraction of sp³-hybridized carbons (Fsp3) is 0.351. The zero-order valence-electron chi connectivity index (χ0n) is 28.8. The molecule has 0 atom stereocenters. The molecule has 4 rings (SSSR count). The van der Waals surface area contributed by atoms with Gasteiger partial charge in [-0.05, 0) is 110 Å². The Labute approximate surface area is 332 Å². The van der Waals surface area contributed by atoms with Crippen LogP contribution in [0, 0.1) is 0 Å². The summed E-state index contributed by atoms with van der Waals surface area (Å²) in [7, 11) is -6.40. The Morgan fingerprint density at radius 1 is 0.615 bits per heavy atom. The van der Waals surface area contributed by atoms with Crippen LogP contribution in [0.1, 0.15) is 47.7 Å². The highest BCUT2D eigenvalue weighted by Crippen LogP contribution is 2.29. The van der Waals surface area contributed by atoms with E-state index in [4.69, 9.17) is 30.5 Å². The van der Waals surface area contributed by atoms with Crippen LogP contribution in [0.15, 0.2) is 104 Å². The van der Waals surface area contributed by atoms with Crippen molar-refractivity contribution in [2.24, 2.45) is 0 Å². The second kappa shape index (κ2) is 24.7. The predicted molar refractivity (Wildman–Crippen MR) is 215 cm³/mol. The van der Waals surface area contributed by atoms with Crippen molar-refractivity contribution >= 4 is 63.1 Å². The number of sulfone groups is 2. The minimum Gasteiger partial charge on any atom is -0.457 e. The third-order valence-electron chi connectivity index (χ3n) is 6.71. The summed E-state index contributed by atoms with van der Waals surface area (Å²) in [5.74, 6) is 2.47. The lowest BCUT2D eigenvalue weighted by Crippen LogP contribution is -2.03. The summed E-state index contributed by atoms with van der Waals surface area (Å²) in [6, 6.07) is 23.9. The molecule has 0 radical (unpaired) electrons. The first-order valence-electron chi connectivity index (χ1n) is 15.8. The van der Waals surface area contributed by atoms with E-state index in [1.165, 1.54) is 12.1 Å². The molecule has 0 fully saturated rings. The Bertz CT molecular complexity index is 1840. The first kappa shape index (κ1) is 47.5. The van der Waals surface area contributed by atoms with Gasteiger partial charge in [0.05, 0.1) is 34.5 Å². The van der Waals surface area contributed by atoms with Crippen molar-refractivity contribution < 1.29 is 47.1 Å². The summed E-state index contributed by atoms with van der Waals surface area (Å²) < 4.78 is 75.5. The standard InChI is InChI=1S/C18H21BrO5S.C15H15BrO4S.C3H7ClO.CH4.H2/c1-3-22-13-23-12-14-11-16(7-10-18(14)19)24-15-5-8-17(9-6-15)25(20,21)4-2;1-2-21(18,19)14-6-3-12(4-7-14)20-13-5-8-15(16)11(9-13)10-17;1-2-5-3-4;;/h5-11H,3-4,12-13H2,1-2H3;3-9,17H,2,10H2,1H3;2-3H2,1H3;1H4;1H/i;;;;1+1. The Morgan fingerprint density at radius 2 is 1.02 bits per heavy atom. The Kier molecular flexibility index (Phi) is 22.6. The maximum absolute atomic E-state index is 11.8. The second-order valence-electron chi connectivity index (χ2n) is 10.2. The molecule has 15 heteroatoms. The first-order chi connectivity index (χ1) is 24.3. The average Bonchev–Trinajstić information content (AvgIpc) is 3.13. The molecular weight excluding hydrogens is 864 g/mol. The lowest BCUT2D eigenvalue weighted by Gasteiger charge is -2.11. The van der Waals surface area contributed by atoms with Crippen molar-refractivity contribution in [3.8, 4) is 23.0 Å². The number of halogens is 3. The van der Waals surface area contributed by atoms with Crippen LogP contribution in [-0.4, -0.2) is 59.5 Å². The number of hydrogen-bond donors (Lipinski definition) is 1. The van der Waals surface area contributed by atoms with Gasteiger partial charge in [-0.1, -0.05) is 64.7 Å². The largest absolute Gasteiger partial charge is 0.457 e. The van der Waals surface area contributed by atoms with E-state index in [2.05, 4.69) is 36.6 Å². The summed E-state index contributed by atoms with van der Waals surface area (Å²) in [5, 5.41) is 9.21. The lowest BCUT2D eigenvalue weighted by molar-refractivity contribution is -0.0573. The minimum absolute atomic E-state index is 0. The number of benzene rings is 4. The molecule has 0 saturated carbocycles. The molecule has 4 aromatic carbocycles. The van der Waals surface area contributed by atoms with Crippen LogP contribution in [0.25, 0.3) is 0 Å². The molecule has 1 N–H and O–H groups in total. The summed E-state index contributed by atoms with van der Waals surface area (Å²) in [6.45, 7) is 8.90. The van der Waals surface area contributed by atoms with Gasteiger partial charge in [-0.2, -0.15) is 0 Å². The van der Waals surface area contributed by atoms with E-state index in [1.54, 1.807) is 68.4 Å². The molecular formula is C37H49Br2ClO10S2. The van der Waals surface area contributed by atoms with E-state index in [1.807, 2.05) is 32.0 Å². The third-order valence-corrected chi connectivity index (χ3v) is 11.9. The zero-order valence-corrected chi connectivity index (χ0v) is 34.4. The second-order valence-corrected chi connectivity index (χ2v) is 16.7. The fourth-order valence-electron chi connectivity index (χ4n) is 3.87. The summed E-state index contributed by atoms with van der Waals surface area (Å²) in [5.41, 5.74) is 1.65. The highest BCUT2D eigenvalue weighted by molar-refractivity contribution is 9.10. The van der Waals surface area contributed by atoms with Crippen molar-refractivity contribution in [3.63, 3.8) is 0 Å². The predicted octanol–water partition coefficient (Wildman–Crippen LogP) is 10.2. The molecule has 0 aliphatic heterocycles. The molecule has 0 aliphatic carbocycles. The molecule has 290 valence electrons. The molecule has 0 bridgehead atoms. The summed E-state index contributed by atoms with van der Waals surface area (Å²) in [6.07, 6.45) is 0. The first-order valence-corrected chi connectivity index (χ1v) is 21.2. The molecule has 0 aliphatic rings. The average molecular weight is 914 g/mol. The van der Waals surface area contributed by atoms with Gasteiger partial charge in [-0.3, -0.25) is 0 Å². The molecule has 10 nitrogen and oxygen atoms in total. The topological polar surface area (TPSA) is 135 Å². The van der Waals surface area contributed by atoms with Crippen LogP contribution < -0.4 is 9.47 Å². The fourth-order valence-corrected chi connectivity index (χ4v) is 6.52. The number of ether oxygens (including phenoxy) is 5. The van der Waals surface area contributed by atoms with E-state index in [-0.39, 0.29) is 38.7 Å². The van der Waals surface area contributed by atoms with Crippen molar-refractivity contribution in [1.29, 1.82) is 0 Å². The maximum atomic E-state index is 11.8. The van der Waals surface area contributed by atoms with E-state index in [0.29, 0.717) is 53.8 Å². The molecule has 52 heavy (non-hydrogen) atoms. The van der Waals surface area contributed by atoms with Crippen LogP contribution in [0.5, 0.6) is 23.0 Å². The Morgan fingerprint density at radius 3 is 1.38 bits per heavy atom. The van der Waals surface area contributed by atoms with Gasteiger partial charge in [-0.25, -0.2) is 16.8 Å². The summed E-state index contributed by atoms with van der Waals surface area (Å²) in [4.78, 5) is 0.576. The van der Waals surface area contributed by atoms with E-state index in [9.17, 15) is 21.9 Å². The number of hydrogen-bond acceptors (Lipinski definition) is 10. The van der Waals surface area contributed by atoms with Gasteiger partial charge in [0.25, 0.3) is 0 Å². The van der Waals surface area contributed by atoms with E-state index >= 15 is 0 Å². The van der Waals surface area contributed by atoms with Gasteiger partial charge in [0.2, 0.25) is 0 Å². The van der Waals surface area contributed by atoms with Crippen molar-refractivity contribution in [2.75, 3.05) is 37.6 Å². The zero-order chi connectivity index (χ0) is 37.9. The van der Waals surface area contributed by atoms with Crippen LogP contribution >= 0.6 is 43.5 Å². The van der Waals surface area contributed by atoms with E-state index in [0.717, 1.165) is 20.1 Å². The van der Waals surface area contributed by atoms with Gasteiger partial charge in [-0.15, -0.1) is 0 Å². The molecule has 4 aromatic rings. The maximum Gasteiger partial charge on any atom is 0.178 e. The molecule has 0 aromatic heterocycles. The molecule has 0 unspecified atom stereocenters.